The zero-order chi connectivity index (χ0) is 19.0. The van der Waals surface area contributed by atoms with Gasteiger partial charge in [-0.3, -0.25) is 9.88 Å². The molecule has 1 aliphatic heterocycles. The zero-order valence-corrected chi connectivity index (χ0v) is 13.7. The van der Waals surface area contributed by atoms with Crippen molar-refractivity contribution in [2.45, 2.75) is 25.2 Å². The molecule has 0 amide bonds. The van der Waals surface area contributed by atoms with Crippen LogP contribution in [0.15, 0.2) is 18.5 Å². The van der Waals surface area contributed by atoms with E-state index in [4.69, 9.17) is 15.0 Å². The van der Waals surface area contributed by atoms with Gasteiger partial charge in [0.25, 0.3) is 0 Å². The first-order valence-corrected chi connectivity index (χ1v) is 7.57. The summed E-state index contributed by atoms with van der Waals surface area (Å²) in [5.41, 5.74) is 0.692. The number of aliphatic carboxylic acids is 1. The summed E-state index contributed by atoms with van der Waals surface area (Å²) in [6.07, 6.45) is -1.43. The Morgan fingerprint density at radius 2 is 2.04 bits per heavy atom. The number of aromatic nitrogens is 1. The van der Waals surface area contributed by atoms with Gasteiger partial charge < -0.3 is 15.1 Å². The van der Waals surface area contributed by atoms with Crippen molar-refractivity contribution in [3.8, 4) is 0 Å². The van der Waals surface area contributed by atoms with E-state index < -0.39 is 12.1 Å². The van der Waals surface area contributed by atoms with Crippen molar-refractivity contribution in [2.24, 2.45) is 0 Å². The Balaban J connectivity index is 0.000000381. The average Bonchev–Trinajstić information content (AvgIpc) is 2.53. The molecule has 1 saturated heterocycles. The quantitative estimate of drug-likeness (QED) is 0.783. The van der Waals surface area contributed by atoms with Crippen LogP contribution >= 0.6 is 0 Å². The fraction of sp³-hybridized carbons (Fsp3) is 0.600. The summed E-state index contributed by atoms with van der Waals surface area (Å²) in [5, 5.41) is 16.2. The van der Waals surface area contributed by atoms with Crippen molar-refractivity contribution in [3.63, 3.8) is 0 Å². The van der Waals surface area contributed by atoms with Gasteiger partial charge in [-0.1, -0.05) is 0 Å². The van der Waals surface area contributed by atoms with Crippen LogP contribution in [-0.2, 0) is 11.3 Å². The maximum Gasteiger partial charge on any atom is 0.490 e. The molecule has 0 bridgehead atoms. The van der Waals surface area contributed by atoms with E-state index in [1.54, 1.807) is 12.3 Å². The predicted molar refractivity (Wildman–Crippen MR) is 81.3 cm³/mol. The molecular weight excluding hydrogens is 346 g/mol. The van der Waals surface area contributed by atoms with Crippen molar-refractivity contribution in [1.29, 1.82) is 0 Å². The number of rotatable bonds is 4. The van der Waals surface area contributed by atoms with E-state index >= 15 is 0 Å². The smallest absolute Gasteiger partial charge is 0.475 e. The molecule has 0 aromatic carbocycles. The summed E-state index contributed by atoms with van der Waals surface area (Å²) in [5.74, 6) is -3.00. The molecule has 0 spiro atoms. The monoisotopic (exact) mass is 367 g/mol. The fourth-order valence-corrected chi connectivity index (χ4v) is 2.39. The molecule has 2 N–H and O–H groups in total. The molecule has 142 valence electrons. The number of alkyl halides is 3. The number of carboxylic acids is 1. The number of aliphatic hydroxyl groups is 1. The average molecular weight is 367 g/mol. The molecule has 10 heteroatoms. The third-order valence-electron chi connectivity index (χ3n) is 3.82. The van der Waals surface area contributed by atoms with Gasteiger partial charge in [0.1, 0.15) is 5.82 Å². The van der Waals surface area contributed by atoms with E-state index in [9.17, 15) is 17.6 Å². The lowest BCUT2D eigenvalue weighted by Gasteiger charge is -2.39. The standard InChI is InChI=1S/C13H20FN3O.C2HF3O2/c1-16-5-6-17(10-12(16)3-7-18)9-11-2-4-15-8-13(11)14;3-2(4,5)1(6)7/h2,4,8,12,18H,3,5-7,9-10H2,1H3;(H,6,7). The normalized spacial score (nSPS) is 19.2. The van der Waals surface area contributed by atoms with Gasteiger partial charge >= 0.3 is 12.1 Å². The largest absolute Gasteiger partial charge is 0.490 e. The molecule has 0 aliphatic carbocycles. The van der Waals surface area contributed by atoms with E-state index in [2.05, 4.69) is 21.8 Å². The van der Waals surface area contributed by atoms with Gasteiger partial charge in [0.2, 0.25) is 0 Å². The second-order valence-corrected chi connectivity index (χ2v) is 5.65. The number of carbonyl (C=O) groups is 1. The van der Waals surface area contributed by atoms with Crippen molar-refractivity contribution in [2.75, 3.05) is 33.3 Å². The highest BCUT2D eigenvalue weighted by Crippen LogP contribution is 2.15. The van der Waals surface area contributed by atoms with Crippen LogP contribution in [0.25, 0.3) is 0 Å². The Morgan fingerprint density at radius 1 is 1.40 bits per heavy atom. The minimum absolute atomic E-state index is 0.201. The molecule has 2 heterocycles. The van der Waals surface area contributed by atoms with Crippen LogP contribution in [0.5, 0.6) is 0 Å². The number of nitrogens with zero attached hydrogens (tertiary/aromatic N) is 3. The highest BCUT2D eigenvalue weighted by atomic mass is 19.4. The van der Waals surface area contributed by atoms with Crippen LogP contribution < -0.4 is 0 Å². The summed E-state index contributed by atoms with van der Waals surface area (Å²) < 4.78 is 45.3. The molecule has 1 aliphatic rings. The van der Waals surface area contributed by atoms with E-state index in [1.165, 1.54) is 6.20 Å². The Hall–Kier alpha value is -1.78. The Labute approximate surface area is 142 Å². The SMILES string of the molecule is CN1CCN(Cc2ccncc2F)CC1CCO.O=C(O)C(F)(F)F. The Morgan fingerprint density at radius 3 is 2.56 bits per heavy atom. The Bertz CT molecular complexity index is 557. The second kappa shape index (κ2) is 9.64. The third-order valence-corrected chi connectivity index (χ3v) is 3.82. The Kier molecular flexibility index (Phi) is 8.20. The van der Waals surface area contributed by atoms with E-state index in [0.717, 1.165) is 26.1 Å². The van der Waals surface area contributed by atoms with Crippen LogP contribution in [0.1, 0.15) is 12.0 Å². The van der Waals surface area contributed by atoms with Crippen molar-refractivity contribution in [3.05, 3.63) is 29.8 Å². The highest BCUT2D eigenvalue weighted by molar-refractivity contribution is 5.73. The maximum absolute atomic E-state index is 13.5. The van der Waals surface area contributed by atoms with Crippen molar-refractivity contribution in [1.82, 2.24) is 14.8 Å². The van der Waals surface area contributed by atoms with E-state index in [1.807, 2.05) is 0 Å². The fourth-order valence-electron chi connectivity index (χ4n) is 2.39. The topological polar surface area (TPSA) is 76.9 Å². The van der Waals surface area contributed by atoms with Gasteiger partial charge in [-0.25, -0.2) is 9.18 Å². The molecule has 2 rings (SSSR count). The first-order valence-electron chi connectivity index (χ1n) is 7.57. The van der Waals surface area contributed by atoms with Gasteiger partial charge in [-0.15, -0.1) is 0 Å². The molecule has 0 radical (unpaired) electrons. The zero-order valence-electron chi connectivity index (χ0n) is 13.7. The minimum atomic E-state index is -5.08. The third kappa shape index (κ3) is 7.32. The first-order chi connectivity index (χ1) is 11.6. The van der Waals surface area contributed by atoms with Crippen LogP contribution in [0.3, 0.4) is 0 Å². The number of pyridine rings is 1. The summed E-state index contributed by atoms with van der Waals surface area (Å²) in [4.78, 5) is 17.1. The predicted octanol–water partition coefficient (Wildman–Crippen LogP) is 1.35. The number of halogens is 4. The van der Waals surface area contributed by atoms with Crippen molar-refractivity contribution >= 4 is 5.97 Å². The highest BCUT2D eigenvalue weighted by Gasteiger charge is 2.38. The van der Waals surface area contributed by atoms with Gasteiger partial charge in [-0.05, 0) is 19.5 Å². The molecule has 1 atom stereocenters. The number of piperazine rings is 1. The van der Waals surface area contributed by atoms with Gasteiger partial charge in [0.05, 0.1) is 6.20 Å². The first kappa shape index (κ1) is 21.3. The molecule has 6 nitrogen and oxygen atoms in total. The van der Waals surface area contributed by atoms with Crippen LogP contribution in [-0.4, -0.2) is 76.5 Å². The number of aliphatic hydroxyl groups excluding tert-OH is 1. The van der Waals surface area contributed by atoms with Gasteiger partial charge in [0.15, 0.2) is 0 Å². The lowest BCUT2D eigenvalue weighted by atomic mass is 10.1. The molecule has 1 aromatic heterocycles. The summed E-state index contributed by atoms with van der Waals surface area (Å²) >= 11 is 0. The van der Waals surface area contributed by atoms with Gasteiger partial charge in [-0.2, -0.15) is 13.2 Å². The molecule has 1 unspecified atom stereocenters. The maximum atomic E-state index is 13.5. The number of likely N-dealkylation sites (N-methyl/N-ethyl adjacent to an activating group) is 1. The van der Waals surface area contributed by atoms with Crippen LogP contribution in [0, 0.1) is 5.82 Å². The van der Waals surface area contributed by atoms with Crippen LogP contribution in [0.2, 0.25) is 0 Å². The lowest BCUT2D eigenvalue weighted by molar-refractivity contribution is -0.192. The van der Waals surface area contributed by atoms with Crippen molar-refractivity contribution < 1.29 is 32.6 Å². The summed E-state index contributed by atoms with van der Waals surface area (Å²) in [6.45, 7) is 3.58. The van der Waals surface area contributed by atoms with E-state index in [-0.39, 0.29) is 12.4 Å². The van der Waals surface area contributed by atoms with Gasteiger partial charge in [0, 0.05) is 50.6 Å². The lowest BCUT2D eigenvalue weighted by Crippen LogP contribution is -2.51. The minimum Gasteiger partial charge on any atom is -0.475 e. The van der Waals surface area contributed by atoms with E-state index in [0.29, 0.717) is 18.2 Å². The molecular formula is C15H21F4N3O3. The molecule has 1 aromatic rings. The summed E-state index contributed by atoms with van der Waals surface area (Å²) in [6, 6.07) is 2.09. The second-order valence-electron chi connectivity index (χ2n) is 5.65. The van der Waals surface area contributed by atoms with Crippen LogP contribution in [0.4, 0.5) is 17.6 Å². The number of hydrogen-bond acceptors (Lipinski definition) is 5. The molecule has 1 fully saturated rings. The number of carboxylic acid groups (broad SMARTS) is 1. The molecule has 0 saturated carbocycles. The summed E-state index contributed by atoms with van der Waals surface area (Å²) in [7, 11) is 2.07. The number of hydrogen-bond donors (Lipinski definition) is 2. The molecule has 25 heavy (non-hydrogen) atoms.